The third-order valence-electron chi connectivity index (χ3n) is 4.39. The van der Waals surface area contributed by atoms with E-state index in [1.54, 1.807) is 0 Å². The lowest BCUT2D eigenvalue weighted by Gasteiger charge is -2.33. The lowest BCUT2D eigenvalue weighted by atomic mass is 10.0. The van der Waals surface area contributed by atoms with Crippen molar-refractivity contribution in [3.05, 3.63) is 30.1 Å². The predicted molar refractivity (Wildman–Crippen MR) is 90.7 cm³/mol. The van der Waals surface area contributed by atoms with Crippen LogP contribution in [0.15, 0.2) is 24.3 Å². The van der Waals surface area contributed by atoms with Crippen LogP contribution in [-0.4, -0.2) is 39.9 Å². The van der Waals surface area contributed by atoms with Crippen molar-refractivity contribution in [3.8, 4) is 12.3 Å². The second-order valence-electron chi connectivity index (χ2n) is 6.06. The van der Waals surface area contributed by atoms with E-state index in [0.29, 0.717) is 6.54 Å². The summed E-state index contributed by atoms with van der Waals surface area (Å²) in [5.41, 5.74) is 1.89. The highest BCUT2D eigenvalue weighted by Crippen LogP contribution is 2.19. The molecule has 1 amide bonds. The van der Waals surface area contributed by atoms with Gasteiger partial charge >= 0.3 is 0 Å². The SMILES string of the molecule is C#CCN1CCCC[C@H]1C(=O)N[C@H](C)c1nc2ccccc2[nH]1. The van der Waals surface area contributed by atoms with Crippen molar-refractivity contribution < 1.29 is 4.79 Å². The number of hydrogen-bond donors (Lipinski definition) is 2. The predicted octanol–water partition coefficient (Wildman–Crippen LogP) is 2.23. The Labute approximate surface area is 136 Å². The summed E-state index contributed by atoms with van der Waals surface area (Å²) < 4.78 is 0. The Kier molecular flexibility index (Phi) is 4.63. The average Bonchev–Trinajstić information content (AvgIpc) is 3.00. The van der Waals surface area contributed by atoms with E-state index < -0.39 is 0 Å². The molecule has 1 aliphatic rings. The first-order chi connectivity index (χ1) is 11.2. The summed E-state index contributed by atoms with van der Waals surface area (Å²) in [7, 11) is 0. The van der Waals surface area contributed by atoms with Gasteiger partial charge in [-0.3, -0.25) is 9.69 Å². The molecule has 2 aromatic rings. The van der Waals surface area contributed by atoms with Gasteiger partial charge in [-0.05, 0) is 38.4 Å². The van der Waals surface area contributed by atoms with Crippen LogP contribution in [0.3, 0.4) is 0 Å². The van der Waals surface area contributed by atoms with Crippen LogP contribution >= 0.6 is 0 Å². The number of amides is 1. The van der Waals surface area contributed by atoms with Crippen molar-refractivity contribution in [2.45, 2.75) is 38.3 Å². The van der Waals surface area contributed by atoms with E-state index in [2.05, 4.69) is 26.1 Å². The van der Waals surface area contributed by atoms with Crippen LogP contribution in [0, 0.1) is 12.3 Å². The minimum absolute atomic E-state index is 0.0351. The number of benzene rings is 1. The monoisotopic (exact) mass is 310 g/mol. The standard InChI is InChI=1S/C18H22N4O/c1-3-11-22-12-7-6-10-16(22)18(23)19-13(2)17-20-14-8-4-5-9-15(14)21-17/h1,4-5,8-9,13,16H,6-7,10-12H2,2H3,(H,19,23)(H,20,21)/t13-,16+/m1/s1. The zero-order chi connectivity index (χ0) is 16.2. The molecule has 5 heteroatoms. The van der Waals surface area contributed by atoms with Gasteiger partial charge < -0.3 is 10.3 Å². The van der Waals surface area contributed by atoms with Gasteiger partial charge in [0.1, 0.15) is 5.82 Å². The Morgan fingerprint density at radius 3 is 3.13 bits per heavy atom. The summed E-state index contributed by atoms with van der Waals surface area (Å²) in [6.45, 7) is 3.36. The van der Waals surface area contributed by atoms with Gasteiger partial charge in [-0.15, -0.1) is 6.42 Å². The van der Waals surface area contributed by atoms with E-state index in [0.717, 1.165) is 42.7 Å². The van der Waals surface area contributed by atoms with Crippen LogP contribution in [0.1, 0.15) is 38.1 Å². The van der Waals surface area contributed by atoms with Crippen LogP contribution in [0.2, 0.25) is 0 Å². The van der Waals surface area contributed by atoms with Crippen molar-refractivity contribution >= 4 is 16.9 Å². The number of para-hydroxylation sites is 2. The smallest absolute Gasteiger partial charge is 0.237 e. The van der Waals surface area contributed by atoms with E-state index in [1.807, 2.05) is 31.2 Å². The van der Waals surface area contributed by atoms with Gasteiger partial charge in [0.15, 0.2) is 0 Å². The molecule has 2 N–H and O–H groups in total. The van der Waals surface area contributed by atoms with Crippen LogP contribution < -0.4 is 5.32 Å². The van der Waals surface area contributed by atoms with E-state index in [-0.39, 0.29) is 18.0 Å². The molecule has 0 bridgehead atoms. The maximum atomic E-state index is 12.6. The normalized spacial score (nSPS) is 20.1. The molecule has 1 aliphatic heterocycles. The number of terminal acetylenes is 1. The first kappa shape index (κ1) is 15.6. The van der Waals surface area contributed by atoms with Crippen molar-refractivity contribution in [2.24, 2.45) is 0 Å². The van der Waals surface area contributed by atoms with Gasteiger partial charge in [-0.25, -0.2) is 4.98 Å². The third-order valence-corrected chi connectivity index (χ3v) is 4.39. The van der Waals surface area contributed by atoms with E-state index in [1.165, 1.54) is 0 Å². The fourth-order valence-electron chi connectivity index (χ4n) is 3.15. The molecule has 5 nitrogen and oxygen atoms in total. The number of carbonyl (C=O) groups excluding carboxylic acids is 1. The van der Waals surface area contributed by atoms with Crippen molar-refractivity contribution in [3.63, 3.8) is 0 Å². The summed E-state index contributed by atoms with van der Waals surface area (Å²) >= 11 is 0. The van der Waals surface area contributed by atoms with Crippen LogP contribution in [-0.2, 0) is 4.79 Å². The zero-order valence-corrected chi connectivity index (χ0v) is 13.4. The highest BCUT2D eigenvalue weighted by molar-refractivity contribution is 5.82. The van der Waals surface area contributed by atoms with Gasteiger partial charge in [0.2, 0.25) is 5.91 Å². The molecule has 2 atom stereocenters. The molecule has 1 aromatic heterocycles. The van der Waals surface area contributed by atoms with Crippen molar-refractivity contribution in [1.29, 1.82) is 0 Å². The molecule has 0 saturated carbocycles. The van der Waals surface area contributed by atoms with Crippen molar-refractivity contribution in [2.75, 3.05) is 13.1 Å². The molecule has 0 spiro atoms. The number of aromatic nitrogens is 2. The molecule has 1 fully saturated rings. The van der Waals surface area contributed by atoms with Gasteiger partial charge in [-0.2, -0.15) is 0 Å². The molecular weight excluding hydrogens is 288 g/mol. The topological polar surface area (TPSA) is 61.0 Å². The number of likely N-dealkylation sites (tertiary alicyclic amines) is 1. The summed E-state index contributed by atoms with van der Waals surface area (Å²) in [4.78, 5) is 22.5. The molecule has 1 saturated heterocycles. The maximum absolute atomic E-state index is 12.6. The van der Waals surface area contributed by atoms with E-state index >= 15 is 0 Å². The number of nitrogens with zero attached hydrogens (tertiary/aromatic N) is 2. The number of fused-ring (bicyclic) bond motifs is 1. The first-order valence-electron chi connectivity index (χ1n) is 8.11. The molecule has 0 aliphatic carbocycles. The number of rotatable bonds is 4. The number of piperidine rings is 1. The molecule has 1 aromatic carbocycles. The molecule has 120 valence electrons. The highest BCUT2D eigenvalue weighted by Gasteiger charge is 2.29. The molecular formula is C18H22N4O. The van der Waals surface area contributed by atoms with Gasteiger partial charge in [0.05, 0.1) is 29.7 Å². The second kappa shape index (κ2) is 6.84. The molecule has 3 rings (SSSR count). The Morgan fingerprint density at radius 1 is 1.52 bits per heavy atom. The van der Waals surface area contributed by atoms with E-state index in [4.69, 9.17) is 6.42 Å². The third kappa shape index (κ3) is 3.38. The van der Waals surface area contributed by atoms with Crippen LogP contribution in [0.25, 0.3) is 11.0 Å². The number of aromatic amines is 1. The Balaban J connectivity index is 1.69. The number of hydrogen-bond acceptors (Lipinski definition) is 3. The summed E-state index contributed by atoms with van der Waals surface area (Å²) in [6, 6.07) is 7.56. The molecule has 2 heterocycles. The number of H-pyrrole nitrogens is 1. The van der Waals surface area contributed by atoms with Gasteiger partial charge in [-0.1, -0.05) is 24.5 Å². The lowest BCUT2D eigenvalue weighted by Crippen LogP contribution is -2.50. The minimum Gasteiger partial charge on any atom is -0.345 e. The van der Waals surface area contributed by atoms with Gasteiger partial charge in [0.25, 0.3) is 0 Å². The van der Waals surface area contributed by atoms with Crippen LogP contribution in [0.5, 0.6) is 0 Å². The largest absolute Gasteiger partial charge is 0.345 e. The van der Waals surface area contributed by atoms with Crippen molar-refractivity contribution in [1.82, 2.24) is 20.2 Å². The summed E-state index contributed by atoms with van der Waals surface area (Å²) in [5.74, 6) is 3.46. The summed E-state index contributed by atoms with van der Waals surface area (Å²) in [6.07, 6.45) is 8.45. The summed E-state index contributed by atoms with van der Waals surface area (Å²) in [5, 5.41) is 3.07. The number of imidazole rings is 1. The molecule has 0 radical (unpaired) electrons. The maximum Gasteiger partial charge on any atom is 0.237 e. The fraction of sp³-hybridized carbons (Fsp3) is 0.444. The average molecular weight is 310 g/mol. The van der Waals surface area contributed by atoms with E-state index in [9.17, 15) is 4.79 Å². The number of nitrogens with one attached hydrogen (secondary N) is 2. The quantitative estimate of drug-likeness (QED) is 0.851. The molecule has 0 unspecified atom stereocenters. The Morgan fingerprint density at radius 2 is 2.35 bits per heavy atom. The highest BCUT2D eigenvalue weighted by atomic mass is 16.2. The zero-order valence-electron chi connectivity index (χ0n) is 13.4. The first-order valence-corrected chi connectivity index (χ1v) is 8.11. The molecule has 23 heavy (non-hydrogen) atoms. The number of carbonyl (C=O) groups is 1. The lowest BCUT2D eigenvalue weighted by molar-refractivity contribution is -0.128. The van der Waals surface area contributed by atoms with Crippen LogP contribution in [0.4, 0.5) is 0 Å². The minimum atomic E-state index is -0.162. The second-order valence-corrected chi connectivity index (χ2v) is 6.06. The fourth-order valence-corrected chi connectivity index (χ4v) is 3.15. The van der Waals surface area contributed by atoms with Gasteiger partial charge in [0, 0.05) is 0 Å². The Bertz CT molecular complexity index is 697. The Hall–Kier alpha value is -2.32.